The number of hydrazone groups is 1. The van der Waals surface area contributed by atoms with Crippen LogP contribution in [0.3, 0.4) is 0 Å². The fraction of sp³-hybridized carbons (Fsp3) is 0.263. The highest BCUT2D eigenvalue weighted by atomic mass is 79.9. The van der Waals surface area contributed by atoms with Crippen molar-refractivity contribution < 1.29 is 9.53 Å². The van der Waals surface area contributed by atoms with Gasteiger partial charge in [-0.05, 0) is 52.5 Å². The first-order chi connectivity index (χ1) is 11.6. The van der Waals surface area contributed by atoms with Gasteiger partial charge in [-0.1, -0.05) is 49.2 Å². The third-order valence-corrected chi connectivity index (χ3v) is 3.99. The van der Waals surface area contributed by atoms with Crippen LogP contribution in [0.25, 0.3) is 0 Å². The van der Waals surface area contributed by atoms with E-state index in [1.807, 2.05) is 49.4 Å². The zero-order valence-corrected chi connectivity index (χ0v) is 15.5. The van der Waals surface area contributed by atoms with E-state index < -0.39 is 0 Å². The number of hydrogen-bond donors (Lipinski definition) is 1. The predicted molar refractivity (Wildman–Crippen MR) is 101 cm³/mol. The number of hydrogen-bond acceptors (Lipinski definition) is 3. The Balaban J connectivity index is 1.81. The Bertz CT molecular complexity index is 712. The summed E-state index contributed by atoms with van der Waals surface area (Å²) in [5.41, 5.74) is 5.80. The van der Waals surface area contributed by atoms with Gasteiger partial charge in [0.2, 0.25) is 0 Å². The van der Waals surface area contributed by atoms with E-state index >= 15 is 0 Å². The molecular formula is C19H21BrN2O2. The van der Waals surface area contributed by atoms with E-state index in [9.17, 15) is 4.79 Å². The molecule has 24 heavy (non-hydrogen) atoms. The molecule has 0 aliphatic carbocycles. The van der Waals surface area contributed by atoms with Gasteiger partial charge >= 0.3 is 0 Å². The van der Waals surface area contributed by atoms with Crippen molar-refractivity contribution in [1.82, 2.24) is 5.43 Å². The Kier molecular flexibility index (Phi) is 7.00. The Hall–Kier alpha value is -2.14. The largest absolute Gasteiger partial charge is 0.483 e. The third kappa shape index (κ3) is 5.81. The van der Waals surface area contributed by atoms with Crippen LogP contribution in [0.5, 0.6) is 5.75 Å². The van der Waals surface area contributed by atoms with Gasteiger partial charge in [0.25, 0.3) is 5.91 Å². The SMILES string of the molecule is CCCc1ccc(OCC(=O)N/N=C/c2ccc(C)cc2)c(Br)c1. The second-order valence-corrected chi connectivity index (χ2v) is 6.36. The zero-order chi connectivity index (χ0) is 17.4. The topological polar surface area (TPSA) is 50.7 Å². The molecule has 0 fully saturated rings. The molecule has 4 nitrogen and oxygen atoms in total. The van der Waals surface area contributed by atoms with Crippen molar-refractivity contribution >= 4 is 28.1 Å². The molecule has 2 aromatic carbocycles. The van der Waals surface area contributed by atoms with Gasteiger partial charge in [-0.2, -0.15) is 5.10 Å². The minimum Gasteiger partial charge on any atom is -0.483 e. The van der Waals surface area contributed by atoms with Gasteiger partial charge < -0.3 is 4.74 Å². The highest BCUT2D eigenvalue weighted by molar-refractivity contribution is 9.10. The Morgan fingerprint density at radius 1 is 1.25 bits per heavy atom. The van der Waals surface area contributed by atoms with E-state index in [-0.39, 0.29) is 12.5 Å². The summed E-state index contributed by atoms with van der Waals surface area (Å²) in [6.07, 6.45) is 3.72. The average molecular weight is 389 g/mol. The number of ether oxygens (including phenoxy) is 1. The lowest BCUT2D eigenvalue weighted by molar-refractivity contribution is -0.123. The van der Waals surface area contributed by atoms with Crippen LogP contribution in [0.1, 0.15) is 30.0 Å². The number of carbonyl (C=O) groups excluding carboxylic acids is 1. The van der Waals surface area contributed by atoms with E-state index in [1.165, 1.54) is 11.1 Å². The molecule has 0 bridgehead atoms. The average Bonchev–Trinajstić information content (AvgIpc) is 2.56. The fourth-order valence-corrected chi connectivity index (χ4v) is 2.65. The molecule has 2 aromatic rings. The lowest BCUT2D eigenvalue weighted by Gasteiger charge is -2.08. The van der Waals surface area contributed by atoms with Crippen molar-refractivity contribution in [3.05, 3.63) is 63.6 Å². The van der Waals surface area contributed by atoms with Gasteiger partial charge in [0.05, 0.1) is 10.7 Å². The van der Waals surface area contributed by atoms with Gasteiger partial charge in [0.1, 0.15) is 5.75 Å². The molecular weight excluding hydrogens is 368 g/mol. The maximum atomic E-state index is 11.8. The maximum Gasteiger partial charge on any atom is 0.277 e. The van der Waals surface area contributed by atoms with E-state index in [4.69, 9.17) is 4.74 Å². The Morgan fingerprint density at radius 3 is 2.67 bits per heavy atom. The molecule has 5 heteroatoms. The van der Waals surface area contributed by atoms with Crippen LogP contribution >= 0.6 is 15.9 Å². The summed E-state index contributed by atoms with van der Waals surface area (Å²) in [5, 5.41) is 3.93. The number of rotatable bonds is 7. The van der Waals surface area contributed by atoms with Crippen LogP contribution < -0.4 is 10.2 Å². The molecule has 126 valence electrons. The van der Waals surface area contributed by atoms with Crippen LogP contribution in [0, 0.1) is 6.92 Å². The lowest BCUT2D eigenvalue weighted by atomic mass is 10.1. The third-order valence-electron chi connectivity index (χ3n) is 3.37. The van der Waals surface area contributed by atoms with E-state index in [2.05, 4.69) is 33.4 Å². The quantitative estimate of drug-likeness (QED) is 0.569. The van der Waals surface area contributed by atoms with E-state index in [0.717, 1.165) is 22.9 Å². The first-order valence-electron chi connectivity index (χ1n) is 7.88. The van der Waals surface area contributed by atoms with Crippen LogP contribution in [0.4, 0.5) is 0 Å². The van der Waals surface area contributed by atoms with Crippen molar-refractivity contribution in [2.45, 2.75) is 26.7 Å². The number of aryl methyl sites for hydroxylation is 2. The van der Waals surface area contributed by atoms with Gasteiger partial charge in [0, 0.05) is 0 Å². The first-order valence-corrected chi connectivity index (χ1v) is 8.67. The van der Waals surface area contributed by atoms with Crippen molar-refractivity contribution in [3.63, 3.8) is 0 Å². The highest BCUT2D eigenvalue weighted by Gasteiger charge is 2.06. The molecule has 1 N–H and O–H groups in total. The number of halogens is 1. The predicted octanol–water partition coefficient (Wildman–Crippen LogP) is 4.24. The Morgan fingerprint density at radius 2 is 2.00 bits per heavy atom. The molecule has 0 saturated carbocycles. The lowest BCUT2D eigenvalue weighted by Crippen LogP contribution is -2.24. The normalized spacial score (nSPS) is 10.8. The first kappa shape index (κ1) is 18.2. The van der Waals surface area contributed by atoms with Gasteiger partial charge in [-0.3, -0.25) is 4.79 Å². The molecule has 0 aliphatic heterocycles. The number of nitrogens with zero attached hydrogens (tertiary/aromatic N) is 1. The van der Waals surface area contributed by atoms with Crippen LogP contribution in [0.15, 0.2) is 52.0 Å². The molecule has 1 amide bonds. The van der Waals surface area contributed by atoms with Gasteiger partial charge in [-0.15, -0.1) is 0 Å². The van der Waals surface area contributed by atoms with Crippen LogP contribution in [0.2, 0.25) is 0 Å². The molecule has 0 aromatic heterocycles. The minimum absolute atomic E-state index is 0.0863. The van der Waals surface area contributed by atoms with E-state index in [1.54, 1.807) is 6.21 Å². The highest BCUT2D eigenvalue weighted by Crippen LogP contribution is 2.26. The molecule has 0 atom stereocenters. The number of benzene rings is 2. The maximum absolute atomic E-state index is 11.8. The van der Waals surface area contributed by atoms with E-state index in [0.29, 0.717) is 5.75 Å². The monoisotopic (exact) mass is 388 g/mol. The number of amides is 1. The molecule has 0 spiro atoms. The van der Waals surface area contributed by atoms with Crippen LogP contribution in [-0.2, 0) is 11.2 Å². The van der Waals surface area contributed by atoms with Crippen molar-refractivity contribution in [1.29, 1.82) is 0 Å². The molecule has 0 unspecified atom stereocenters. The molecule has 0 radical (unpaired) electrons. The second kappa shape index (κ2) is 9.23. The Labute approximate surface area is 151 Å². The summed E-state index contributed by atoms with van der Waals surface area (Å²) >= 11 is 3.47. The zero-order valence-electron chi connectivity index (χ0n) is 13.9. The molecule has 2 rings (SSSR count). The number of carbonyl (C=O) groups is 1. The summed E-state index contributed by atoms with van der Waals surface area (Å²) in [6, 6.07) is 13.8. The minimum atomic E-state index is -0.303. The molecule has 0 heterocycles. The smallest absolute Gasteiger partial charge is 0.277 e. The standard InChI is InChI=1S/C19H21BrN2O2/c1-3-4-15-9-10-18(17(20)11-15)24-13-19(23)22-21-12-16-7-5-14(2)6-8-16/h5-12H,3-4,13H2,1-2H3,(H,22,23)/b21-12+. The molecule has 0 aliphatic rings. The van der Waals surface area contributed by atoms with Crippen molar-refractivity contribution in [2.24, 2.45) is 5.10 Å². The summed E-state index contributed by atoms with van der Waals surface area (Å²) in [4.78, 5) is 11.8. The summed E-state index contributed by atoms with van der Waals surface area (Å²) in [6.45, 7) is 4.07. The van der Waals surface area contributed by atoms with Crippen LogP contribution in [-0.4, -0.2) is 18.7 Å². The molecule has 0 saturated heterocycles. The summed E-state index contributed by atoms with van der Waals surface area (Å²) in [5.74, 6) is 0.343. The summed E-state index contributed by atoms with van der Waals surface area (Å²) < 4.78 is 6.37. The van der Waals surface area contributed by atoms with Gasteiger partial charge in [-0.25, -0.2) is 5.43 Å². The second-order valence-electron chi connectivity index (χ2n) is 5.51. The summed E-state index contributed by atoms with van der Waals surface area (Å²) in [7, 11) is 0. The van der Waals surface area contributed by atoms with Gasteiger partial charge in [0.15, 0.2) is 6.61 Å². The fourth-order valence-electron chi connectivity index (χ4n) is 2.11. The van der Waals surface area contributed by atoms with Crippen molar-refractivity contribution in [2.75, 3.05) is 6.61 Å². The number of nitrogens with one attached hydrogen (secondary N) is 1. The van der Waals surface area contributed by atoms with Crippen molar-refractivity contribution in [3.8, 4) is 5.75 Å².